The van der Waals surface area contributed by atoms with Crippen molar-refractivity contribution in [3.8, 4) is 5.69 Å². The number of benzene rings is 1. The van der Waals surface area contributed by atoms with E-state index in [0.29, 0.717) is 24.5 Å². The van der Waals surface area contributed by atoms with Crippen LogP contribution in [-0.2, 0) is 25.2 Å². The number of rotatable bonds is 1. The molecule has 2 aromatic heterocycles. The Hall–Kier alpha value is -2.36. The topological polar surface area (TPSA) is 34.9 Å². The minimum atomic E-state index is -5.01. The molecular formula is C19H14F6N2OS. The third-order valence-corrected chi connectivity index (χ3v) is 6.11. The number of aryl methyl sites for hydroxylation is 2. The second-order valence-electron chi connectivity index (χ2n) is 6.87. The van der Waals surface area contributed by atoms with Crippen LogP contribution in [0.4, 0.5) is 26.3 Å². The number of hydrogen-bond donors (Lipinski definition) is 0. The van der Waals surface area contributed by atoms with Gasteiger partial charge in [0, 0.05) is 4.88 Å². The van der Waals surface area contributed by atoms with Gasteiger partial charge in [0.15, 0.2) is 0 Å². The Balaban J connectivity index is 2.06. The molecule has 154 valence electrons. The van der Waals surface area contributed by atoms with Gasteiger partial charge in [-0.05, 0) is 49.4 Å². The van der Waals surface area contributed by atoms with Crippen molar-refractivity contribution < 1.29 is 26.3 Å². The van der Waals surface area contributed by atoms with E-state index in [1.165, 1.54) is 0 Å². The van der Waals surface area contributed by atoms with Gasteiger partial charge in [0.1, 0.15) is 4.83 Å². The quantitative estimate of drug-likeness (QED) is 0.362. The van der Waals surface area contributed by atoms with Crippen molar-refractivity contribution in [1.29, 1.82) is 0 Å². The highest BCUT2D eigenvalue weighted by molar-refractivity contribution is 7.18. The maximum atomic E-state index is 13.7. The van der Waals surface area contributed by atoms with Gasteiger partial charge in [-0.2, -0.15) is 26.3 Å². The van der Waals surface area contributed by atoms with Crippen LogP contribution in [0, 0.1) is 0 Å². The Bertz CT molecular complexity index is 1140. The van der Waals surface area contributed by atoms with Gasteiger partial charge >= 0.3 is 12.4 Å². The summed E-state index contributed by atoms with van der Waals surface area (Å²) in [6.45, 7) is 0. The van der Waals surface area contributed by atoms with Gasteiger partial charge in [0.2, 0.25) is 5.82 Å². The molecular weight excluding hydrogens is 418 g/mol. The number of aromatic nitrogens is 2. The van der Waals surface area contributed by atoms with E-state index in [9.17, 15) is 31.1 Å². The normalized spacial score (nSPS) is 15.4. The lowest BCUT2D eigenvalue weighted by Gasteiger charge is -2.16. The number of hydrogen-bond acceptors (Lipinski definition) is 3. The summed E-state index contributed by atoms with van der Waals surface area (Å²) in [4.78, 5) is 17.7. The third-order valence-electron chi connectivity index (χ3n) is 4.92. The van der Waals surface area contributed by atoms with Crippen molar-refractivity contribution in [2.24, 2.45) is 0 Å². The Morgan fingerprint density at radius 3 is 2.38 bits per heavy atom. The summed E-state index contributed by atoms with van der Waals surface area (Å²) in [6, 6.07) is 3.30. The Morgan fingerprint density at radius 1 is 0.966 bits per heavy atom. The smallest absolute Gasteiger partial charge is 0.268 e. The van der Waals surface area contributed by atoms with Gasteiger partial charge in [0.05, 0.1) is 16.6 Å². The lowest BCUT2D eigenvalue weighted by molar-refractivity contribution is -0.146. The summed E-state index contributed by atoms with van der Waals surface area (Å²) in [5, 5.41) is 0.0808. The number of halogens is 6. The van der Waals surface area contributed by atoms with Gasteiger partial charge in [-0.1, -0.05) is 12.5 Å². The molecule has 10 heteroatoms. The largest absolute Gasteiger partial charge is 0.450 e. The van der Waals surface area contributed by atoms with Gasteiger partial charge in [0.25, 0.3) is 5.56 Å². The molecule has 0 bridgehead atoms. The van der Waals surface area contributed by atoms with E-state index in [1.807, 2.05) is 0 Å². The van der Waals surface area contributed by atoms with Crippen LogP contribution in [0.5, 0.6) is 0 Å². The highest BCUT2D eigenvalue weighted by atomic mass is 32.1. The van der Waals surface area contributed by atoms with E-state index < -0.39 is 35.0 Å². The Morgan fingerprint density at radius 2 is 1.69 bits per heavy atom. The first-order valence-electron chi connectivity index (χ1n) is 8.89. The van der Waals surface area contributed by atoms with E-state index in [4.69, 9.17) is 0 Å². The first-order chi connectivity index (χ1) is 13.6. The zero-order valence-corrected chi connectivity index (χ0v) is 15.6. The predicted molar refractivity (Wildman–Crippen MR) is 96.5 cm³/mol. The Kier molecular flexibility index (Phi) is 4.71. The second kappa shape index (κ2) is 6.86. The van der Waals surface area contributed by atoms with Crippen molar-refractivity contribution in [2.45, 2.75) is 44.5 Å². The van der Waals surface area contributed by atoms with Crippen LogP contribution in [0.25, 0.3) is 15.9 Å². The van der Waals surface area contributed by atoms with Crippen LogP contribution in [0.2, 0.25) is 0 Å². The number of nitrogens with zero attached hydrogens (tertiary/aromatic N) is 2. The molecule has 0 atom stereocenters. The minimum absolute atomic E-state index is 0.0162. The summed E-state index contributed by atoms with van der Waals surface area (Å²) in [5.74, 6) is -1.52. The summed E-state index contributed by atoms with van der Waals surface area (Å²) >= 11 is 1.06. The van der Waals surface area contributed by atoms with Crippen molar-refractivity contribution in [3.63, 3.8) is 0 Å². The molecule has 0 N–H and O–H groups in total. The molecule has 0 fully saturated rings. The molecule has 0 amide bonds. The fourth-order valence-electron chi connectivity index (χ4n) is 3.63. The lowest BCUT2D eigenvalue weighted by atomic mass is 10.1. The molecule has 4 rings (SSSR count). The molecule has 1 aliphatic carbocycles. The standard InChI is InChI=1S/C19H14F6N2OS/c20-18(21,22)10-5-4-6-11(9-10)27-16(28)14-12-7-2-1-3-8-13(12)29-15(14)26-17(27)19(23,24)25/h4-6,9H,1-3,7-8H2. The molecule has 3 aromatic rings. The third kappa shape index (κ3) is 3.54. The Labute approximate surface area is 164 Å². The van der Waals surface area contributed by atoms with Crippen molar-refractivity contribution in [1.82, 2.24) is 9.55 Å². The van der Waals surface area contributed by atoms with E-state index in [0.717, 1.165) is 53.7 Å². The predicted octanol–water partition coefficient (Wildman–Crippen LogP) is 5.75. The average molecular weight is 432 g/mol. The first kappa shape index (κ1) is 19.9. The second-order valence-corrected chi connectivity index (χ2v) is 7.95. The van der Waals surface area contributed by atoms with E-state index >= 15 is 0 Å². The fraction of sp³-hybridized carbons (Fsp3) is 0.368. The van der Waals surface area contributed by atoms with E-state index in [-0.39, 0.29) is 14.8 Å². The van der Waals surface area contributed by atoms with Crippen LogP contribution in [0.3, 0.4) is 0 Å². The van der Waals surface area contributed by atoms with E-state index in [1.54, 1.807) is 0 Å². The van der Waals surface area contributed by atoms with Crippen LogP contribution in [-0.4, -0.2) is 9.55 Å². The van der Waals surface area contributed by atoms with Crippen LogP contribution >= 0.6 is 11.3 Å². The number of thiophene rings is 1. The molecule has 1 aliphatic rings. The highest BCUT2D eigenvalue weighted by Gasteiger charge is 2.39. The van der Waals surface area contributed by atoms with Crippen molar-refractivity contribution in [2.75, 3.05) is 0 Å². The lowest BCUT2D eigenvalue weighted by Crippen LogP contribution is -2.29. The summed E-state index contributed by atoms with van der Waals surface area (Å²) in [7, 11) is 0. The molecule has 3 nitrogen and oxygen atoms in total. The zero-order chi connectivity index (χ0) is 21.0. The molecule has 0 saturated carbocycles. The molecule has 0 unspecified atom stereocenters. The number of fused-ring (bicyclic) bond motifs is 3. The summed E-state index contributed by atoms with van der Waals surface area (Å²) in [6.07, 6.45) is -5.96. The monoisotopic (exact) mass is 432 g/mol. The van der Waals surface area contributed by atoms with Gasteiger partial charge in [-0.15, -0.1) is 11.3 Å². The minimum Gasteiger partial charge on any atom is -0.268 e. The average Bonchev–Trinajstić information content (AvgIpc) is 2.82. The first-order valence-corrected chi connectivity index (χ1v) is 9.71. The maximum Gasteiger partial charge on any atom is 0.450 e. The maximum absolute atomic E-state index is 13.7. The summed E-state index contributed by atoms with van der Waals surface area (Å²) < 4.78 is 80.5. The van der Waals surface area contributed by atoms with Crippen molar-refractivity contribution in [3.05, 3.63) is 56.4 Å². The van der Waals surface area contributed by atoms with Crippen LogP contribution in [0.1, 0.15) is 41.1 Å². The van der Waals surface area contributed by atoms with Crippen LogP contribution < -0.4 is 5.56 Å². The molecule has 2 heterocycles. The van der Waals surface area contributed by atoms with Gasteiger partial charge in [-0.25, -0.2) is 4.98 Å². The molecule has 0 aliphatic heterocycles. The molecule has 0 radical (unpaired) electrons. The summed E-state index contributed by atoms with van der Waals surface area (Å²) in [5.41, 5.74) is -1.96. The molecule has 0 saturated heterocycles. The van der Waals surface area contributed by atoms with Crippen molar-refractivity contribution >= 4 is 21.6 Å². The molecule has 29 heavy (non-hydrogen) atoms. The van der Waals surface area contributed by atoms with E-state index in [2.05, 4.69) is 4.98 Å². The zero-order valence-electron chi connectivity index (χ0n) is 14.8. The van der Waals surface area contributed by atoms with Gasteiger partial charge in [-0.3, -0.25) is 9.36 Å². The number of alkyl halides is 6. The SMILES string of the molecule is O=c1c2c3c(sc2nc(C(F)(F)F)n1-c1cccc(C(F)(F)F)c1)CCCCC3. The van der Waals surface area contributed by atoms with Crippen LogP contribution in [0.15, 0.2) is 29.1 Å². The molecule has 1 aromatic carbocycles. The fourth-order valence-corrected chi connectivity index (χ4v) is 4.88. The highest BCUT2D eigenvalue weighted by Crippen LogP contribution is 2.37. The van der Waals surface area contributed by atoms with Gasteiger partial charge < -0.3 is 0 Å². The molecule has 0 spiro atoms.